The third-order valence-electron chi connectivity index (χ3n) is 3.83. The van der Waals surface area contributed by atoms with Crippen LogP contribution in [0.25, 0.3) is 0 Å². The number of ether oxygens (including phenoxy) is 2. The highest BCUT2D eigenvalue weighted by atomic mass is 19.1. The minimum Gasteiger partial charge on any atom is -0.493 e. The zero-order chi connectivity index (χ0) is 14.0. The van der Waals surface area contributed by atoms with E-state index in [4.69, 9.17) is 9.47 Å². The molecule has 0 aliphatic heterocycles. The van der Waals surface area contributed by atoms with Crippen LogP contribution in [0.2, 0.25) is 0 Å². The van der Waals surface area contributed by atoms with Gasteiger partial charge in [0.1, 0.15) is 5.82 Å². The molecular weight excluding hydrogens is 251 g/mol. The second-order valence-electron chi connectivity index (χ2n) is 4.78. The maximum Gasteiger partial charge on any atom is 0.314 e. The van der Waals surface area contributed by atoms with Crippen molar-refractivity contribution in [1.82, 2.24) is 0 Å². The van der Waals surface area contributed by atoms with Crippen LogP contribution < -0.4 is 9.47 Å². The van der Waals surface area contributed by atoms with Gasteiger partial charge in [-0.15, -0.1) is 0 Å². The molecule has 0 bridgehead atoms. The van der Waals surface area contributed by atoms with Crippen molar-refractivity contribution in [3.05, 3.63) is 23.5 Å². The summed E-state index contributed by atoms with van der Waals surface area (Å²) in [6, 6.07) is 2.45. The number of methoxy groups -OCH3 is 2. The minimum absolute atomic E-state index is 0.227. The van der Waals surface area contributed by atoms with E-state index in [0.29, 0.717) is 24.2 Å². The van der Waals surface area contributed by atoms with Crippen molar-refractivity contribution >= 4 is 5.97 Å². The summed E-state index contributed by atoms with van der Waals surface area (Å²) in [6.45, 7) is 0. The molecule has 104 valence electrons. The van der Waals surface area contributed by atoms with Gasteiger partial charge in [0, 0.05) is 11.6 Å². The van der Waals surface area contributed by atoms with Crippen molar-refractivity contribution in [3.8, 4) is 11.5 Å². The second kappa shape index (κ2) is 5.07. The first-order valence-corrected chi connectivity index (χ1v) is 6.20. The molecule has 0 aromatic heterocycles. The van der Waals surface area contributed by atoms with Crippen molar-refractivity contribution in [2.75, 3.05) is 14.2 Å². The van der Waals surface area contributed by atoms with Crippen molar-refractivity contribution in [2.24, 2.45) is 0 Å². The molecule has 1 aliphatic rings. The fraction of sp³-hybridized carbons (Fsp3) is 0.500. The van der Waals surface area contributed by atoms with Crippen LogP contribution in [0.4, 0.5) is 4.39 Å². The van der Waals surface area contributed by atoms with E-state index in [1.165, 1.54) is 26.4 Å². The molecule has 0 amide bonds. The number of aliphatic carboxylic acids is 1. The van der Waals surface area contributed by atoms with E-state index in [1.807, 2.05) is 0 Å². The fourth-order valence-corrected chi connectivity index (χ4v) is 2.86. The molecule has 4 nitrogen and oxygen atoms in total. The van der Waals surface area contributed by atoms with Crippen LogP contribution in [0.5, 0.6) is 11.5 Å². The predicted molar refractivity (Wildman–Crippen MR) is 67.3 cm³/mol. The Morgan fingerprint density at radius 3 is 2.37 bits per heavy atom. The van der Waals surface area contributed by atoms with Crippen molar-refractivity contribution in [1.29, 1.82) is 0 Å². The fourth-order valence-electron chi connectivity index (χ4n) is 2.86. The highest BCUT2D eigenvalue weighted by Gasteiger charge is 2.45. The Bertz CT molecular complexity index is 492. The lowest BCUT2D eigenvalue weighted by Crippen LogP contribution is -2.33. The molecule has 0 heterocycles. The number of carbonyl (C=O) groups is 1. The first-order valence-electron chi connectivity index (χ1n) is 6.20. The van der Waals surface area contributed by atoms with Crippen molar-refractivity contribution in [2.45, 2.75) is 31.1 Å². The molecule has 2 rings (SSSR count). The van der Waals surface area contributed by atoms with Gasteiger partial charge in [0.2, 0.25) is 0 Å². The molecule has 0 unspecified atom stereocenters. The van der Waals surface area contributed by atoms with E-state index in [2.05, 4.69) is 0 Å². The molecule has 0 atom stereocenters. The highest BCUT2D eigenvalue weighted by molar-refractivity contribution is 5.83. The largest absolute Gasteiger partial charge is 0.493 e. The number of halogens is 1. The zero-order valence-corrected chi connectivity index (χ0v) is 11.0. The third-order valence-corrected chi connectivity index (χ3v) is 3.83. The van der Waals surface area contributed by atoms with Gasteiger partial charge in [0.15, 0.2) is 11.5 Å². The van der Waals surface area contributed by atoms with Crippen LogP contribution in [-0.2, 0) is 10.2 Å². The molecule has 1 N–H and O–H groups in total. The molecule has 19 heavy (non-hydrogen) atoms. The molecule has 5 heteroatoms. The lowest BCUT2D eigenvalue weighted by Gasteiger charge is -2.27. The summed E-state index contributed by atoms with van der Waals surface area (Å²) in [7, 11) is 2.84. The summed E-state index contributed by atoms with van der Waals surface area (Å²) in [6.07, 6.45) is 2.61. The van der Waals surface area contributed by atoms with Crippen LogP contribution >= 0.6 is 0 Å². The molecule has 0 saturated heterocycles. The molecule has 0 radical (unpaired) electrons. The summed E-state index contributed by atoms with van der Waals surface area (Å²) < 4.78 is 24.0. The van der Waals surface area contributed by atoms with E-state index in [0.717, 1.165) is 12.8 Å². The number of benzene rings is 1. The van der Waals surface area contributed by atoms with Gasteiger partial charge in [0.05, 0.1) is 19.6 Å². The van der Waals surface area contributed by atoms with E-state index in [9.17, 15) is 14.3 Å². The van der Waals surface area contributed by atoms with Gasteiger partial charge in [-0.25, -0.2) is 4.39 Å². The van der Waals surface area contributed by atoms with E-state index >= 15 is 0 Å². The summed E-state index contributed by atoms with van der Waals surface area (Å²) in [5, 5.41) is 9.57. The van der Waals surface area contributed by atoms with Crippen molar-refractivity contribution in [3.63, 3.8) is 0 Å². The quantitative estimate of drug-likeness (QED) is 0.912. The lowest BCUT2D eigenvalue weighted by atomic mass is 9.78. The minimum atomic E-state index is -1.07. The maximum atomic E-state index is 13.7. The summed E-state index contributed by atoms with van der Waals surface area (Å²) in [5.74, 6) is -0.908. The smallest absolute Gasteiger partial charge is 0.314 e. The average molecular weight is 268 g/mol. The number of hydrogen-bond acceptors (Lipinski definition) is 3. The maximum absolute atomic E-state index is 13.7. The van der Waals surface area contributed by atoms with Gasteiger partial charge in [-0.3, -0.25) is 4.79 Å². The van der Waals surface area contributed by atoms with Crippen LogP contribution in [-0.4, -0.2) is 25.3 Å². The number of carboxylic acids is 1. The average Bonchev–Trinajstić information content (AvgIpc) is 2.88. The van der Waals surface area contributed by atoms with Gasteiger partial charge in [-0.05, 0) is 18.9 Å². The van der Waals surface area contributed by atoms with Crippen LogP contribution in [0.15, 0.2) is 12.1 Å². The van der Waals surface area contributed by atoms with Gasteiger partial charge in [-0.2, -0.15) is 0 Å². The summed E-state index contributed by atoms with van der Waals surface area (Å²) >= 11 is 0. The molecule has 1 aromatic rings. The number of hydrogen-bond donors (Lipinski definition) is 1. The van der Waals surface area contributed by atoms with Crippen LogP contribution in [0, 0.1) is 5.82 Å². The van der Waals surface area contributed by atoms with Crippen LogP contribution in [0.1, 0.15) is 31.2 Å². The molecule has 0 spiro atoms. The van der Waals surface area contributed by atoms with Gasteiger partial charge in [-0.1, -0.05) is 12.8 Å². The topological polar surface area (TPSA) is 55.8 Å². The van der Waals surface area contributed by atoms with Gasteiger partial charge < -0.3 is 14.6 Å². The molecule has 1 aromatic carbocycles. The molecule has 1 aliphatic carbocycles. The molecule has 1 fully saturated rings. The highest BCUT2D eigenvalue weighted by Crippen LogP contribution is 2.48. The normalized spacial score (nSPS) is 17.2. The first kappa shape index (κ1) is 13.6. The SMILES string of the molecule is COc1cc(F)cc(C2(C(=O)O)CCCC2)c1OC. The van der Waals surface area contributed by atoms with E-state index < -0.39 is 17.2 Å². The number of carboxylic acid groups (broad SMARTS) is 1. The predicted octanol–water partition coefficient (Wildman–Crippen LogP) is 2.74. The third kappa shape index (κ3) is 2.13. The first-order chi connectivity index (χ1) is 9.05. The Morgan fingerprint density at radius 2 is 1.89 bits per heavy atom. The lowest BCUT2D eigenvalue weighted by molar-refractivity contribution is -0.143. The molecule has 1 saturated carbocycles. The monoisotopic (exact) mass is 268 g/mol. The Balaban J connectivity index is 2.65. The Labute approximate surface area is 111 Å². The van der Waals surface area contributed by atoms with Gasteiger partial charge in [0.25, 0.3) is 0 Å². The Hall–Kier alpha value is -1.78. The van der Waals surface area contributed by atoms with Crippen LogP contribution in [0.3, 0.4) is 0 Å². The summed E-state index contributed by atoms with van der Waals surface area (Å²) in [4.78, 5) is 11.7. The number of rotatable bonds is 4. The van der Waals surface area contributed by atoms with E-state index in [-0.39, 0.29) is 5.75 Å². The second-order valence-corrected chi connectivity index (χ2v) is 4.78. The molecular formula is C14H17FO4. The Kier molecular flexibility index (Phi) is 3.64. The van der Waals surface area contributed by atoms with E-state index in [1.54, 1.807) is 0 Å². The zero-order valence-electron chi connectivity index (χ0n) is 11.0. The van der Waals surface area contributed by atoms with Crippen molar-refractivity contribution < 1.29 is 23.8 Å². The summed E-state index contributed by atoms with van der Waals surface area (Å²) in [5.41, 5.74) is -0.697. The Morgan fingerprint density at radius 1 is 1.26 bits per heavy atom. The standard InChI is InChI=1S/C14H17FO4/c1-18-11-8-9(15)7-10(12(11)19-2)14(13(16)17)5-3-4-6-14/h7-8H,3-6H2,1-2H3,(H,16,17). The van der Waals surface area contributed by atoms with Gasteiger partial charge >= 0.3 is 5.97 Å².